The smallest absolute Gasteiger partial charge is 0.226 e. The maximum atomic E-state index is 13.6. The van der Waals surface area contributed by atoms with Gasteiger partial charge in [0, 0.05) is 38.6 Å². The van der Waals surface area contributed by atoms with Crippen LogP contribution in [0.2, 0.25) is 0 Å². The Labute approximate surface area is 228 Å². The van der Waals surface area contributed by atoms with Crippen molar-refractivity contribution in [1.82, 2.24) is 4.90 Å². The zero-order chi connectivity index (χ0) is 29.7. The Bertz CT molecular complexity index is 796. The first-order chi connectivity index (χ1) is 17.5. The number of primary amides is 1. The molecule has 0 aromatic rings. The topological polar surface area (TPSA) is 155 Å². The Morgan fingerprint density at radius 1 is 0.842 bits per heavy atom. The van der Waals surface area contributed by atoms with Gasteiger partial charge in [-0.15, -0.1) is 0 Å². The fraction of sp³-hybridized carbons (Fsp3) is 0.828. The molecule has 0 aromatic heterocycles. The monoisotopic (exact) mass is 540 g/mol. The van der Waals surface area contributed by atoms with Gasteiger partial charge in [0.15, 0.2) is 11.6 Å². The minimum absolute atomic E-state index is 0.0193. The zero-order valence-corrected chi connectivity index (χ0v) is 24.7. The van der Waals surface area contributed by atoms with Crippen LogP contribution >= 0.6 is 0 Å². The van der Waals surface area contributed by atoms with Crippen LogP contribution in [0.3, 0.4) is 0 Å². The highest BCUT2D eigenvalue weighted by atomic mass is 16.3. The summed E-state index contributed by atoms with van der Waals surface area (Å²) < 4.78 is 0. The molecular weight excluding hydrogens is 488 g/mol. The van der Waals surface area contributed by atoms with Crippen molar-refractivity contribution >= 4 is 29.2 Å². The average molecular weight is 541 g/mol. The van der Waals surface area contributed by atoms with E-state index in [-0.39, 0.29) is 61.4 Å². The van der Waals surface area contributed by atoms with Gasteiger partial charge in [-0.2, -0.15) is 0 Å². The number of hydrogen-bond acceptors (Lipinski definition) is 7. The molecule has 0 rings (SSSR count). The maximum Gasteiger partial charge on any atom is 0.226 e. The van der Waals surface area contributed by atoms with Crippen LogP contribution in [0.15, 0.2) is 0 Å². The molecule has 38 heavy (non-hydrogen) atoms. The molecule has 0 radical (unpaired) electrons. The van der Waals surface area contributed by atoms with E-state index in [1.807, 2.05) is 34.6 Å². The fourth-order valence-corrected chi connectivity index (χ4v) is 4.87. The van der Waals surface area contributed by atoms with Crippen molar-refractivity contribution in [3.8, 4) is 0 Å². The Hall–Kier alpha value is -2.13. The molecule has 0 spiro atoms. The van der Waals surface area contributed by atoms with E-state index in [1.54, 1.807) is 6.92 Å². The number of rotatable bonds is 20. The molecular formula is C29H52N2O7. The highest BCUT2D eigenvalue weighted by Gasteiger charge is 2.36. The average Bonchev–Trinajstić information content (AvgIpc) is 2.80. The fourth-order valence-electron chi connectivity index (χ4n) is 4.87. The molecule has 0 heterocycles. The Kier molecular flexibility index (Phi) is 16.5. The summed E-state index contributed by atoms with van der Waals surface area (Å²) in [5.41, 5.74) is 5.35. The molecule has 2 amide bonds. The predicted molar refractivity (Wildman–Crippen MR) is 147 cm³/mol. The molecule has 0 aliphatic carbocycles. The van der Waals surface area contributed by atoms with Gasteiger partial charge < -0.3 is 20.8 Å². The summed E-state index contributed by atoms with van der Waals surface area (Å²) in [5.74, 6) is -3.13. The van der Waals surface area contributed by atoms with E-state index < -0.39 is 47.7 Å². The van der Waals surface area contributed by atoms with Gasteiger partial charge in [-0.1, -0.05) is 48.0 Å². The molecule has 9 heteroatoms. The number of nitrogens with zero attached hydrogens (tertiary/aromatic N) is 1. The van der Waals surface area contributed by atoms with Gasteiger partial charge in [0.25, 0.3) is 0 Å². The maximum absolute atomic E-state index is 13.6. The van der Waals surface area contributed by atoms with E-state index in [0.29, 0.717) is 19.3 Å². The van der Waals surface area contributed by atoms with E-state index >= 15 is 0 Å². The molecule has 0 aliphatic heterocycles. The molecule has 0 saturated carbocycles. The molecule has 0 aromatic carbocycles. The van der Waals surface area contributed by atoms with Gasteiger partial charge in [0.1, 0.15) is 11.9 Å². The first kappa shape index (κ1) is 35.9. The highest BCUT2D eigenvalue weighted by Crippen LogP contribution is 2.27. The second kappa shape index (κ2) is 17.5. The summed E-state index contributed by atoms with van der Waals surface area (Å²) in [6, 6.07) is -0.974. The number of Topliss-reactive ketones (excluding diaryl/α,β-unsaturated/α-hetero) is 3. The summed E-state index contributed by atoms with van der Waals surface area (Å²) >= 11 is 0. The minimum Gasteiger partial charge on any atom is -0.392 e. The first-order valence-corrected chi connectivity index (χ1v) is 14.0. The van der Waals surface area contributed by atoms with E-state index in [9.17, 15) is 34.2 Å². The first-order valence-electron chi connectivity index (χ1n) is 14.0. The number of aliphatic hydroxyl groups is 2. The van der Waals surface area contributed by atoms with Crippen molar-refractivity contribution in [3.63, 3.8) is 0 Å². The van der Waals surface area contributed by atoms with Gasteiger partial charge in [-0.05, 0) is 49.9 Å². The molecule has 0 saturated heterocycles. The van der Waals surface area contributed by atoms with E-state index in [4.69, 9.17) is 5.73 Å². The second-order valence-electron chi connectivity index (χ2n) is 11.8. The molecule has 220 valence electrons. The summed E-state index contributed by atoms with van der Waals surface area (Å²) in [5, 5.41) is 21.0. The van der Waals surface area contributed by atoms with Crippen LogP contribution < -0.4 is 5.73 Å². The predicted octanol–water partition coefficient (Wildman–Crippen LogP) is 3.07. The van der Waals surface area contributed by atoms with Gasteiger partial charge in [-0.25, -0.2) is 0 Å². The van der Waals surface area contributed by atoms with Crippen molar-refractivity contribution in [2.45, 2.75) is 118 Å². The summed E-state index contributed by atoms with van der Waals surface area (Å²) in [6.45, 7) is 12.8. The third kappa shape index (κ3) is 13.1. The minimum atomic E-state index is -1.17. The lowest BCUT2D eigenvalue weighted by molar-refractivity contribution is -0.145. The van der Waals surface area contributed by atoms with Crippen molar-refractivity contribution in [2.75, 3.05) is 7.05 Å². The van der Waals surface area contributed by atoms with Crippen LogP contribution in [-0.2, 0) is 24.0 Å². The third-order valence-electron chi connectivity index (χ3n) is 7.19. The number of nitrogens with two attached hydrogens (primary N) is 1. The van der Waals surface area contributed by atoms with Crippen LogP contribution in [-0.4, -0.2) is 69.6 Å². The molecule has 0 aliphatic rings. The lowest BCUT2D eigenvalue weighted by atomic mass is 9.83. The van der Waals surface area contributed by atoms with Crippen LogP contribution in [0.5, 0.6) is 0 Å². The number of amides is 2. The van der Waals surface area contributed by atoms with Crippen LogP contribution in [0.4, 0.5) is 0 Å². The van der Waals surface area contributed by atoms with Crippen molar-refractivity contribution in [2.24, 2.45) is 35.3 Å². The van der Waals surface area contributed by atoms with E-state index in [1.165, 1.54) is 18.9 Å². The molecule has 0 bridgehead atoms. The second-order valence-corrected chi connectivity index (χ2v) is 11.8. The lowest BCUT2D eigenvalue weighted by Gasteiger charge is -2.33. The van der Waals surface area contributed by atoms with Crippen LogP contribution in [0.1, 0.15) is 99.8 Å². The molecule has 0 fully saturated rings. The number of aliphatic hydroxyl groups excluding tert-OH is 2. The SMILES string of the molecule is CC[C@H](C)C(O)C(=O)C[C@@H](CC(C)C)C(=O)N(C)[C@@H](CCC(N)=O)C(=O)C[C@@H](CC(C)C)[C@@H](O)CC(C)=O. The molecule has 4 N–H and O–H groups in total. The Morgan fingerprint density at radius 3 is 1.84 bits per heavy atom. The normalized spacial score (nSPS) is 16.4. The highest BCUT2D eigenvalue weighted by molar-refractivity contribution is 5.93. The lowest BCUT2D eigenvalue weighted by Crippen LogP contribution is -2.47. The summed E-state index contributed by atoms with van der Waals surface area (Å²) in [7, 11) is 1.48. The number of carbonyl (C=O) groups is 5. The van der Waals surface area contributed by atoms with Gasteiger partial charge in [0.05, 0.1) is 12.1 Å². The summed E-state index contributed by atoms with van der Waals surface area (Å²) in [6.07, 6.45) is -1.00. The number of hydrogen-bond donors (Lipinski definition) is 3. The van der Waals surface area contributed by atoms with Gasteiger partial charge >= 0.3 is 0 Å². The number of likely N-dealkylation sites (N-methyl/N-ethyl adjacent to an activating group) is 1. The van der Waals surface area contributed by atoms with Gasteiger partial charge in [-0.3, -0.25) is 24.0 Å². The van der Waals surface area contributed by atoms with E-state index in [2.05, 4.69) is 0 Å². The molecule has 1 unspecified atom stereocenters. The molecule has 9 nitrogen and oxygen atoms in total. The Balaban J connectivity index is 6.01. The van der Waals surface area contributed by atoms with E-state index in [0.717, 1.165) is 0 Å². The summed E-state index contributed by atoms with van der Waals surface area (Å²) in [4.78, 5) is 64.4. The van der Waals surface area contributed by atoms with Crippen molar-refractivity contribution in [3.05, 3.63) is 0 Å². The number of carbonyl (C=O) groups excluding carboxylic acids is 5. The quantitative estimate of drug-likeness (QED) is 0.214. The van der Waals surface area contributed by atoms with Crippen LogP contribution in [0, 0.1) is 29.6 Å². The van der Waals surface area contributed by atoms with Crippen molar-refractivity contribution < 1.29 is 34.2 Å². The molecule has 6 atom stereocenters. The largest absolute Gasteiger partial charge is 0.392 e. The third-order valence-corrected chi connectivity index (χ3v) is 7.19. The number of ketones is 3. The van der Waals surface area contributed by atoms with Gasteiger partial charge in [0.2, 0.25) is 11.8 Å². The zero-order valence-electron chi connectivity index (χ0n) is 24.7. The standard InChI is InChI=1S/C29H52N2O7/c1-9-19(6)28(37)26(35)16-22(13-18(4)5)29(38)31(8)23(10-11-27(30)36)25(34)15-21(12-17(2)3)24(33)14-20(7)32/h17-19,21-24,28,33,37H,9-16H2,1-8H3,(H2,30,36)/t19-,21+,22+,23-,24-,28?/m0/s1. The van der Waals surface area contributed by atoms with Crippen LogP contribution in [0.25, 0.3) is 0 Å². The Morgan fingerprint density at radius 2 is 1.39 bits per heavy atom. The van der Waals surface area contributed by atoms with Crippen molar-refractivity contribution in [1.29, 1.82) is 0 Å².